The minimum atomic E-state index is -0.824. The maximum absolute atomic E-state index is 11.9. The largest absolute Gasteiger partial charge is 0.481 e. The monoisotopic (exact) mass is 258 g/mol. The van der Waals surface area contributed by atoms with E-state index in [1.165, 1.54) is 0 Å². The topological polar surface area (TPSA) is 83.6 Å². The van der Waals surface area contributed by atoms with E-state index in [-0.39, 0.29) is 18.2 Å². The first-order valence-electron chi connectivity index (χ1n) is 6.52. The highest BCUT2D eigenvalue weighted by Crippen LogP contribution is 2.15. The van der Waals surface area contributed by atoms with Gasteiger partial charge in [0.2, 0.25) is 5.91 Å². The van der Waals surface area contributed by atoms with Crippen molar-refractivity contribution in [1.29, 1.82) is 0 Å². The van der Waals surface area contributed by atoms with Gasteiger partial charge in [-0.1, -0.05) is 13.8 Å². The number of hydrogen-bond acceptors (Lipinski definition) is 3. The molecule has 18 heavy (non-hydrogen) atoms. The van der Waals surface area contributed by atoms with Crippen LogP contribution in [0.25, 0.3) is 0 Å². The molecule has 0 saturated heterocycles. The lowest BCUT2D eigenvalue weighted by Gasteiger charge is -2.21. The van der Waals surface area contributed by atoms with Gasteiger partial charge in [0.05, 0.1) is 0 Å². The fourth-order valence-corrected chi connectivity index (χ4v) is 1.92. The Labute approximate surface area is 109 Å². The highest BCUT2D eigenvalue weighted by atomic mass is 16.4. The smallest absolute Gasteiger partial charge is 0.303 e. The molecule has 3 N–H and O–H groups in total. The molecule has 1 unspecified atom stereocenters. The summed E-state index contributed by atoms with van der Waals surface area (Å²) in [7, 11) is 1.72. The average Bonchev–Trinajstić information content (AvgIpc) is 2.26. The molecule has 0 saturated carbocycles. The van der Waals surface area contributed by atoms with Crippen LogP contribution in [0.5, 0.6) is 0 Å². The first-order valence-corrected chi connectivity index (χ1v) is 6.52. The van der Waals surface area contributed by atoms with Gasteiger partial charge in [0.15, 0.2) is 0 Å². The van der Waals surface area contributed by atoms with Crippen molar-refractivity contribution in [2.75, 3.05) is 20.1 Å². The highest BCUT2D eigenvalue weighted by Gasteiger charge is 2.16. The summed E-state index contributed by atoms with van der Waals surface area (Å²) < 4.78 is 0. The van der Waals surface area contributed by atoms with Crippen molar-refractivity contribution in [3.05, 3.63) is 0 Å². The molecule has 1 atom stereocenters. The van der Waals surface area contributed by atoms with Gasteiger partial charge in [0.25, 0.3) is 0 Å². The van der Waals surface area contributed by atoms with Crippen LogP contribution in [-0.2, 0) is 9.59 Å². The summed E-state index contributed by atoms with van der Waals surface area (Å²) in [5.41, 5.74) is 5.66. The van der Waals surface area contributed by atoms with Gasteiger partial charge in [0, 0.05) is 26.4 Å². The molecule has 106 valence electrons. The summed E-state index contributed by atoms with van der Waals surface area (Å²) in [6.45, 7) is 5.24. The Morgan fingerprint density at radius 1 is 1.33 bits per heavy atom. The molecule has 0 bridgehead atoms. The second-order valence-electron chi connectivity index (χ2n) is 5.25. The molecule has 0 rings (SSSR count). The van der Waals surface area contributed by atoms with Crippen molar-refractivity contribution in [3.8, 4) is 0 Å². The minimum Gasteiger partial charge on any atom is -0.481 e. The van der Waals surface area contributed by atoms with E-state index in [4.69, 9.17) is 10.8 Å². The Kier molecular flexibility index (Phi) is 8.37. The second kappa shape index (κ2) is 8.91. The number of aliphatic carboxylic acids is 1. The maximum atomic E-state index is 11.9. The van der Waals surface area contributed by atoms with Crippen LogP contribution in [0.3, 0.4) is 0 Å². The fourth-order valence-electron chi connectivity index (χ4n) is 1.92. The lowest BCUT2D eigenvalue weighted by atomic mass is 9.94. The highest BCUT2D eigenvalue weighted by molar-refractivity contribution is 5.76. The summed E-state index contributed by atoms with van der Waals surface area (Å²) in [6, 6.07) is 0. The zero-order valence-corrected chi connectivity index (χ0v) is 11.7. The zero-order chi connectivity index (χ0) is 14.1. The normalized spacial score (nSPS) is 12.5. The summed E-state index contributed by atoms with van der Waals surface area (Å²) >= 11 is 0. The van der Waals surface area contributed by atoms with Crippen LogP contribution in [0.4, 0.5) is 0 Å². The number of nitrogens with two attached hydrogens (primary N) is 1. The Morgan fingerprint density at radius 2 is 1.94 bits per heavy atom. The van der Waals surface area contributed by atoms with Gasteiger partial charge in [-0.2, -0.15) is 0 Å². The number of hydrogen-bond donors (Lipinski definition) is 2. The first kappa shape index (κ1) is 16.9. The Hall–Kier alpha value is -1.10. The molecule has 0 aromatic carbocycles. The van der Waals surface area contributed by atoms with Crippen LogP contribution in [0.1, 0.15) is 39.5 Å². The van der Waals surface area contributed by atoms with Crippen LogP contribution >= 0.6 is 0 Å². The van der Waals surface area contributed by atoms with E-state index in [0.717, 1.165) is 6.42 Å². The van der Waals surface area contributed by atoms with Crippen molar-refractivity contribution < 1.29 is 14.7 Å². The van der Waals surface area contributed by atoms with E-state index in [1.807, 2.05) is 0 Å². The maximum Gasteiger partial charge on any atom is 0.303 e. The molecule has 5 nitrogen and oxygen atoms in total. The standard InChI is InChI=1S/C13H26N2O3/c1-10(2)7-11(9-14)8-12(16)15(3)6-4-5-13(17)18/h10-11H,4-9,14H2,1-3H3,(H,17,18). The molecule has 0 spiro atoms. The number of carboxylic acid groups (broad SMARTS) is 1. The van der Waals surface area contributed by atoms with Crippen molar-refractivity contribution in [2.24, 2.45) is 17.6 Å². The number of carbonyl (C=O) groups excluding carboxylic acids is 1. The third kappa shape index (κ3) is 8.06. The molecular weight excluding hydrogens is 232 g/mol. The molecule has 0 aliphatic carbocycles. The first-order chi connectivity index (χ1) is 8.36. The molecule has 0 radical (unpaired) electrons. The summed E-state index contributed by atoms with van der Waals surface area (Å²) in [6.07, 6.45) is 2.00. The summed E-state index contributed by atoms with van der Waals surface area (Å²) in [5, 5.41) is 8.53. The Balaban J connectivity index is 4.00. The molecule has 0 aliphatic heterocycles. The second-order valence-corrected chi connectivity index (χ2v) is 5.25. The van der Waals surface area contributed by atoms with Gasteiger partial charge in [-0.05, 0) is 31.2 Å². The van der Waals surface area contributed by atoms with Gasteiger partial charge in [0.1, 0.15) is 0 Å². The van der Waals surface area contributed by atoms with E-state index in [0.29, 0.717) is 31.8 Å². The Bertz CT molecular complexity index is 267. The van der Waals surface area contributed by atoms with Gasteiger partial charge >= 0.3 is 5.97 Å². The third-order valence-corrected chi connectivity index (χ3v) is 2.91. The van der Waals surface area contributed by atoms with Gasteiger partial charge in [-0.15, -0.1) is 0 Å². The third-order valence-electron chi connectivity index (χ3n) is 2.91. The van der Waals surface area contributed by atoms with Gasteiger partial charge < -0.3 is 15.7 Å². The number of amides is 1. The minimum absolute atomic E-state index is 0.0523. The van der Waals surface area contributed by atoms with Crippen LogP contribution in [0, 0.1) is 11.8 Å². The quantitative estimate of drug-likeness (QED) is 0.653. The van der Waals surface area contributed by atoms with Crippen LogP contribution in [-0.4, -0.2) is 42.0 Å². The Morgan fingerprint density at radius 3 is 2.39 bits per heavy atom. The van der Waals surface area contributed by atoms with Gasteiger partial charge in [-0.3, -0.25) is 9.59 Å². The molecule has 0 aromatic rings. The molecule has 1 amide bonds. The SMILES string of the molecule is CC(C)CC(CN)CC(=O)N(C)CCCC(=O)O. The van der Waals surface area contributed by atoms with Crippen molar-refractivity contribution in [2.45, 2.75) is 39.5 Å². The van der Waals surface area contributed by atoms with E-state index < -0.39 is 5.97 Å². The van der Waals surface area contributed by atoms with E-state index in [2.05, 4.69) is 13.8 Å². The van der Waals surface area contributed by atoms with Crippen molar-refractivity contribution in [3.63, 3.8) is 0 Å². The zero-order valence-electron chi connectivity index (χ0n) is 11.7. The fraction of sp³-hybridized carbons (Fsp3) is 0.846. The molecule has 0 fully saturated rings. The lowest BCUT2D eigenvalue weighted by Crippen LogP contribution is -2.31. The number of nitrogens with zero attached hydrogens (tertiary/aromatic N) is 1. The van der Waals surface area contributed by atoms with E-state index in [9.17, 15) is 9.59 Å². The number of carboxylic acids is 1. The van der Waals surface area contributed by atoms with Crippen LogP contribution in [0.2, 0.25) is 0 Å². The summed E-state index contributed by atoms with van der Waals surface area (Å²) in [5.74, 6) is -0.0185. The summed E-state index contributed by atoms with van der Waals surface area (Å²) in [4.78, 5) is 23.9. The number of carbonyl (C=O) groups is 2. The molecule has 0 aliphatic rings. The van der Waals surface area contributed by atoms with Crippen LogP contribution in [0.15, 0.2) is 0 Å². The lowest BCUT2D eigenvalue weighted by molar-refractivity contribution is -0.138. The van der Waals surface area contributed by atoms with E-state index in [1.54, 1.807) is 11.9 Å². The molecule has 5 heteroatoms. The van der Waals surface area contributed by atoms with Crippen molar-refractivity contribution >= 4 is 11.9 Å². The molecule has 0 aromatic heterocycles. The van der Waals surface area contributed by atoms with Gasteiger partial charge in [-0.25, -0.2) is 0 Å². The number of rotatable bonds is 9. The van der Waals surface area contributed by atoms with Crippen LogP contribution < -0.4 is 5.73 Å². The molecule has 0 heterocycles. The molecular formula is C13H26N2O3. The predicted molar refractivity (Wildman–Crippen MR) is 71.1 cm³/mol. The van der Waals surface area contributed by atoms with Crippen molar-refractivity contribution in [1.82, 2.24) is 4.90 Å². The van der Waals surface area contributed by atoms with E-state index >= 15 is 0 Å². The average molecular weight is 258 g/mol. The predicted octanol–water partition coefficient (Wildman–Crippen LogP) is 1.32.